The Kier molecular flexibility index (Phi) is 4.81. The Morgan fingerprint density at radius 3 is 2.54 bits per heavy atom. The SMILES string of the molecule is O=C(NCc1ccc(Cn2cncn2)cc1)Nc1ccccc1F. The minimum atomic E-state index is -0.467. The maximum Gasteiger partial charge on any atom is 0.319 e. The lowest BCUT2D eigenvalue weighted by atomic mass is 10.1. The third-order valence-corrected chi connectivity index (χ3v) is 3.41. The Labute approximate surface area is 138 Å². The monoisotopic (exact) mass is 325 g/mol. The van der Waals surface area contributed by atoms with E-state index >= 15 is 0 Å². The largest absolute Gasteiger partial charge is 0.334 e. The Balaban J connectivity index is 1.51. The molecule has 3 rings (SSSR count). The number of carbonyl (C=O) groups is 1. The van der Waals surface area contributed by atoms with E-state index in [9.17, 15) is 9.18 Å². The minimum Gasteiger partial charge on any atom is -0.334 e. The number of anilines is 1. The maximum absolute atomic E-state index is 13.5. The van der Waals surface area contributed by atoms with Crippen molar-refractivity contribution in [3.05, 3.63) is 78.1 Å². The highest BCUT2D eigenvalue weighted by molar-refractivity contribution is 5.89. The summed E-state index contributed by atoms with van der Waals surface area (Å²) >= 11 is 0. The molecule has 0 unspecified atom stereocenters. The molecule has 1 aromatic heterocycles. The van der Waals surface area contributed by atoms with E-state index in [1.165, 1.54) is 18.5 Å². The van der Waals surface area contributed by atoms with Crippen molar-refractivity contribution in [2.24, 2.45) is 0 Å². The van der Waals surface area contributed by atoms with Gasteiger partial charge < -0.3 is 10.6 Å². The van der Waals surface area contributed by atoms with Crippen molar-refractivity contribution in [1.29, 1.82) is 0 Å². The number of amides is 2. The highest BCUT2D eigenvalue weighted by Gasteiger charge is 2.05. The molecule has 0 saturated carbocycles. The van der Waals surface area contributed by atoms with Crippen LogP contribution in [0.25, 0.3) is 0 Å². The summed E-state index contributed by atoms with van der Waals surface area (Å²) in [5.74, 6) is -0.467. The van der Waals surface area contributed by atoms with Crippen molar-refractivity contribution in [2.75, 3.05) is 5.32 Å². The second-order valence-corrected chi connectivity index (χ2v) is 5.20. The van der Waals surface area contributed by atoms with Gasteiger partial charge in [-0.1, -0.05) is 36.4 Å². The summed E-state index contributed by atoms with van der Waals surface area (Å²) in [7, 11) is 0. The van der Waals surface area contributed by atoms with Crippen molar-refractivity contribution in [1.82, 2.24) is 20.1 Å². The second kappa shape index (κ2) is 7.36. The van der Waals surface area contributed by atoms with Crippen LogP contribution >= 0.6 is 0 Å². The molecule has 2 aromatic carbocycles. The average molecular weight is 325 g/mol. The number of carbonyl (C=O) groups excluding carboxylic acids is 1. The van der Waals surface area contributed by atoms with Crippen LogP contribution < -0.4 is 10.6 Å². The first-order valence-corrected chi connectivity index (χ1v) is 7.40. The lowest BCUT2D eigenvalue weighted by Crippen LogP contribution is -2.28. The van der Waals surface area contributed by atoms with Gasteiger partial charge in [0, 0.05) is 6.54 Å². The molecule has 7 heteroatoms. The molecule has 0 aliphatic carbocycles. The van der Waals surface area contributed by atoms with E-state index < -0.39 is 11.8 Å². The van der Waals surface area contributed by atoms with Crippen LogP contribution in [0.4, 0.5) is 14.9 Å². The van der Waals surface area contributed by atoms with E-state index in [2.05, 4.69) is 20.7 Å². The third-order valence-electron chi connectivity index (χ3n) is 3.41. The summed E-state index contributed by atoms with van der Waals surface area (Å²) < 4.78 is 15.2. The van der Waals surface area contributed by atoms with Gasteiger partial charge in [-0.3, -0.25) is 0 Å². The zero-order valence-corrected chi connectivity index (χ0v) is 12.8. The Morgan fingerprint density at radius 1 is 1.08 bits per heavy atom. The van der Waals surface area contributed by atoms with Gasteiger partial charge in [0.1, 0.15) is 18.5 Å². The van der Waals surface area contributed by atoms with Crippen LogP contribution in [0, 0.1) is 5.82 Å². The summed E-state index contributed by atoms with van der Waals surface area (Å²) in [6, 6.07) is 13.4. The molecule has 0 atom stereocenters. The van der Waals surface area contributed by atoms with Gasteiger partial charge in [0.15, 0.2) is 0 Å². The fourth-order valence-corrected chi connectivity index (χ4v) is 2.18. The Morgan fingerprint density at radius 2 is 1.83 bits per heavy atom. The number of rotatable bonds is 5. The molecule has 0 saturated heterocycles. The number of para-hydroxylation sites is 1. The summed E-state index contributed by atoms with van der Waals surface area (Å²) in [5.41, 5.74) is 2.18. The third kappa shape index (κ3) is 4.16. The highest BCUT2D eigenvalue weighted by atomic mass is 19.1. The zero-order valence-electron chi connectivity index (χ0n) is 12.8. The zero-order chi connectivity index (χ0) is 16.8. The first kappa shape index (κ1) is 15.7. The minimum absolute atomic E-state index is 0.151. The number of hydrogen-bond acceptors (Lipinski definition) is 3. The summed E-state index contributed by atoms with van der Waals surface area (Å²) in [6.07, 6.45) is 3.15. The van der Waals surface area contributed by atoms with Gasteiger partial charge in [0.2, 0.25) is 0 Å². The van der Waals surface area contributed by atoms with E-state index in [4.69, 9.17) is 0 Å². The summed E-state index contributed by atoms with van der Waals surface area (Å²) in [4.78, 5) is 15.7. The number of nitrogens with zero attached hydrogens (tertiary/aromatic N) is 3. The second-order valence-electron chi connectivity index (χ2n) is 5.20. The van der Waals surface area contributed by atoms with Crippen molar-refractivity contribution in [2.45, 2.75) is 13.1 Å². The number of halogens is 1. The first-order valence-electron chi connectivity index (χ1n) is 7.40. The molecule has 0 aliphatic rings. The van der Waals surface area contributed by atoms with Crippen LogP contribution in [0.1, 0.15) is 11.1 Å². The smallest absolute Gasteiger partial charge is 0.319 e. The molecule has 2 N–H and O–H groups in total. The van der Waals surface area contributed by atoms with Crippen LogP contribution in [0.2, 0.25) is 0 Å². The molecule has 6 nitrogen and oxygen atoms in total. The Hall–Kier alpha value is -3.22. The molecule has 0 spiro atoms. The van der Waals surface area contributed by atoms with Crippen LogP contribution in [-0.2, 0) is 13.1 Å². The Bertz CT molecular complexity index is 802. The number of urea groups is 1. The molecular formula is C17H16FN5O. The van der Waals surface area contributed by atoms with Crippen molar-refractivity contribution in [3.8, 4) is 0 Å². The van der Waals surface area contributed by atoms with Gasteiger partial charge in [-0.15, -0.1) is 0 Å². The van der Waals surface area contributed by atoms with Gasteiger partial charge in [-0.2, -0.15) is 5.10 Å². The van der Waals surface area contributed by atoms with Crippen LogP contribution in [-0.4, -0.2) is 20.8 Å². The van der Waals surface area contributed by atoms with Crippen molar-refractivity contribution >= 4 is 11.7 Å². The lowest BCUT2D eigenvalue weighted by molar-refractivity contribution is 0.251. The number of aromatic nitrogens is 3. The topological polar surface area (TPSA) is 71.8 Å². The number of hydrogen-bond donors (Lipinski definition) is 2. The molecular weight excluding hydrogens is 309 g/mol. The van der Waals surface area contributed by atoms with Gasteiger partial charge in [-0.25, -0.2) is 18.9 Å². The maximum atomic E-state index is 13.5. The predicted octanol–water partition coefficient (Wildman–Crippen LogP) is 2.79. The molecule has 2 amide bonds. The summed E-state index contributed by atoms with van der Waals surface area (Å²) in [5, 5.41) is 9.22. The first-order chi connectivity index (χ1) is 11.7. The van der Waals surface area contributed by atoms with Crippen LogP contribution in [0.15, 0.2) is 61.2 Å². The average Bonchev–Trinajstić information content (AvgIpc) is 3.09. The van der Waals surface area contributed by atoms with E-state index in [-0.39, 0.29) is 5.69 Å². The predicted molar refractivity (Wildman–Crippen MR) is 87.8 cm³/mol. The fraction of sp³-hybridized carbons (Fsp3) is 0.118. The molecule has 0 radical (unpaired) electrons. The highest BCUT2D eigenvalue weighted by Crippen LogP contribution is 2.12. The molecule has 122 valence electrons. The van der Waals surface area contributed by atoms with E-state index in [1.807, 2.05) is 24.3 Å². The van der Waals surface area contributed by atoms with Gasteiger partial charge >= 0.3 is 6.03 Å². The van der Waals surface area contributed by atoms with E-state index in [1.54, 1.807) is 23.1 Å². The van der Waals surface area contributed by atoms with Gasteiger partial charge in [-0.05, 0) is 23.3 Å². The molecule has 0 bridgehead atoms. The lowest BCUT2D eigenvalue weighted by Gasteiger charge is -2.09. The standard InChI is InChI=1S/C17H16FN5O/c18-15-3-1-2-4-16(15)22-17(24)20-9-13-5-7-14(8-6-13)10-23-12-19-11-21-23/h1-8,11-12H,9-10H2,(H2,20,22,24). The van der Waals surface area contributed by atoms with Crippen molar-refractivity contribution in [3.63, 3.8) is 0 Å². The number of nitrogens with one attached hydrogen (secondary N) is 2. The van der Waals surface area contributed by atoms with Crippen LogP contribution in [0.5, 0.6) is 0 Å². The quantitative estimate of drug-likeness (QED) is 0.758. The van der Waals surface area contributed by atoms with E-state index in [0.29, 0.717) is 13.1 Å². The number of benzene rings is 2. The van der Waals surface area contributed by atoms with Gasteiger partial charge in [0.05, 0.1) is 12.2 Å². The van der Waals surface area contributed by atoms with Gasteiger partial charge in [0.25, 0.3) is 0 Å². The molecule has 24 heavy (non-hydrogen) atoms. The van der Waals surface area contributed by atoms with E-state index in [0.717, 1.165) is 11.1 Å². The molecule has 0 aliphatic heterocycles. The molecule has 1 heterocycles. The normalized spacial score (nSPS) is 10.4. The van der Waals surface area contributed by atoms with Crippen molar-refractivity contribution < 1.29 is 9.18 Å². The summed E-state index contributed by atoms with van der Waals surface area (Å²) in [6.45, 7) is 0.991. The fourth-order valence-electron chi connectivity index (χ4n) is 2.18. The molecule has 0 fully saturated rings. The van der Waals surface area contributed by atoms with Crippen LogP contribution in [0.3, 0.4) is 0 Å². The molecule has 3 aromatic rings.